The second-order valence-corrected chi connectivity index (χ2v) is 4.60. The Hall–Kier alpha value is -1.06. The van der Waals surface area contributed by atoms with Gasteiger partial charge in [-0.2, -0.15) is 0 Å². The Bertz CT molecular complexity index is 496. The molecular weight excluding hydrogens is 242 g/mol. The third kappa shape index (κ3) is 2.20. The molecule has 0 aliphatic heterocycles. The number of thiazole rings is 1. The molecule has 0 bridgehead atoms. The van der Waals surface area contributed by atoms with E-state index >= 15 is 0 Å². The van der Waals surface area contributed by atoms with Crippen LogP contribution in [0.5, 0.6) is 5.75 Å². The summed E-state index contributed by atoms with van der Waals surface area (Å²) in [5, 5.41) is 3.34. The van der Waals surface area contributed by atoms with Crippen LogP contribution in [-0.4, -0.2) is 12.1 Å². The fourth-order valence-corrected chi connectivity index (χ4v) is 2.52. The van der Waals surface area contributed by atoms with E-state index < -0.39 is 0 Å². The summed E-state index contributed by atoms with van der Waals surface area (Å²) >= 11 is 7.37. The molecule has 2 nitrogen and oxygen atoms in total. The van der Waals surface area contributed by atoms with Crippen molar-refractivity contribution >= 4 is 22.9 Å². The lowest BCUT2D eigenvalue weighted by atomic mass is 10.1. The average molecular weight is 254 g/mol. The number of aryl methyl sites for hydroxylation is 1. The van der Waals surface area contributed by atoms with E-state index in [2.05, 4.69) is 18.0 Å². The number of hydrogen-bond acceptors (Lipinski definition) is 3. The maximum Gasteiger partial charge on any atom is 0.140 e. The molecule has 0 aliphatic rings. The number of aromatic nitrogens is 1. The van der Waals surface area contributed by atoms with Crippen molar-refractivity contribution in [3.63, 3.8) is 0 Å². The lowest BCUT2D eigenvalue weighted by Gasteiger charge is -2.07. The van der Waals surface area contributed by atoms with Gasteiger partial charge in [0.1, 0.15) is 15.9 Å². The molecule has 1 aromatic heterocycles. The highest BCUT2D eigenvalue weighted by Crippen LogP contribution is 2.30. The van der Waals surface area contributed by atoms with Crippen molar-refractivity contribution in [2.75, 3.05) is 7.11 Å². The zero-order chi connectivity index (χ0) is 11.5. The zero-order valence-electron chi connectivity index (χ0n) is 9.16. The Morgan fingerprint density at radius 1 is 1.44 bits per heavy atom. The van der Waals surface area contributed by atoms with Crippen molar-refractivity contribution in [3.05, 3.63) is 34.3 Å². The minimum Gasteiger partial charge on any atom is -0.496 e. The van der Waals surface area contributed by atoms with Crippen LogP contribution in [-0.2, 0) is 6.42 Å². The zero-order valence-corrected chi connectivity index (χ0v) is 10.7. The van der Waals surface area contributed by atoms with Gasteiger partial charge in [0.05, 0.1) is 7.11 Å². The van der Waals surface area contributed by atoms with Crippen LogP contribution in [0.4, 0.5) is 0 Å². The van der Waals surface area contributed by atoms with Gasteiger partial charge in [0.25, 0.3) is 0 Å². The molecule has 0 radical (unpaired) electrons. The molecular formula is C12H12ClNOS. The van der Waals surface area contributed by atoms with E-state index in [1.165, 1.54) is 5.56 Å². The SMILES string of the molecule is CCc1cc(-c2nc(Cl)cs2)ccc1OC. The predicted octanol–water partition coefficient (Wildman–Crippen LogP) is 4.03. The Kier molecular flexibility index (Phi) is 3.46. The number of hydrogen-bond donors (Lipinski definition) is 0. The van der Waals surface area contributed by atoms with E-state index in [-0.39, 0.29) is 0 Å². The average Bonchev–Trinajstić information content (AvgIpc) is 2.75. The van der Waals surface area contributed by atoms with E-state index in [1.54, 1.807) is 18.4 Å². The number of halogens is 1. The molecule has 1 heterocycles. The van der Waals surface area contributed by atoms with Gasteiger partial charge >= 0.3 is 0 Å². The number of nitrogens with zero attached hydrogens (tertiary/aromatic N) is 1. The normalized spacial score (nSPS) is 10.4. The maximum absolute atomic E-state index is 5.82. The first-order valence-electron chi connectivity index (χ1n) is 5.03. The predicted molar refractivity (Wildman–Crippen MR) is 68.5 cm³/mol. The molecule has 0 unspecified atom stereocenters. The first-order valence-corrected chi connectivity index (χ1v) is 6.28. The van der Waals surface area contributed by atoms with E-state index in [0.29, 0.717) is 5.15 Å². The van der Waals surface area contributed by atoms with Crippen molar-refractivity contribution in [1.82, 2.24) is 4.98 Å². The van der Waals surface area contributed by atoms with Crippen LogP contribution in [0.15, 0.2) is 23.6 Å². The van der Waals surface area contributed by atoms with E-state index in [9.17, 15) is 0 Å². The molecule has 16 heavy (non-hydrogen) atoms. The molecule has 0 spiro atoms. The van der Waals surface area contributed by atoms with Gasteiger partial charge in [-0.05, 0) is 30.2 Å². The van der Waals surface area contributed by atoms with Gasteiger partial charge in [-0.3, -0.25) is 0 Å². The summed E-state index contributed by atoms with van der Waals surface area (Å²) in [6.07, 6.45) is 0.941. The highest BCUT2D eigenvalue weighted by molar-refractivity contribution is 7.13. The molecule has 84 valence electrons. The number of ether oxygens (including phenoxy) is 1. The fourth-order valence-electron chi connectivity index (χ4n) is 1.57. The highest BCUT2D eigenvalue weighted by atomic mass is 35.5. The van der Waals surface area contributed by atoms with Crippen LogP contribution in [0.2, 0.25) is 5.15 Å². The quantitative estimate of drug-likeness (QED) is 0.824. The second-order valence-electron chi connectivity index (χ2n) is 3.36. The van der Waals surface area contributed by atoms with Crippen molar-refractivity contribution in [2.45, 2.75) is 13.3 Å². The van der Waals surface area contributed by atoms with Gasteiger partial charge in [-0.1, -0.05) is 18.5 Å². The number of benzene rings is 1. The lowest BCUT2D eigenvalue weighted by molar-refractivity contribution is 0.410. The van der Waals surface area contributed by atoms with Gasteiger partial charge < -0.3 is 4.74 Å². The Morgan fingerprint density at radius 3 is 2.81 bits per heavy atom. The minimum atomic E-state index is 0.550. The summed E-state index contributed by atoms with van der Waals surface area (Å²) < 4.78 is 5.29. The molecule has 0 fully saturated rings. The Morgan fingerprint density at radius 2 is 2.25 bits per heavy atom. The Labute approximate surface area is 104 Å². The van der Waals surface area contributed by atoms with Gasteiger partial charge in [0.2, 0.25) is 0 Å². The molecule has 0 N–H and O–H groups in total. The van der Waals surface area contributed by atoms with Crippen molar-refractivity contribution in [1.29, 1.82) is 0 Å². The third-order valence-corrected chi connectivity index (χ3v) is 3.60. The van der Waals surface area contributed by atoms with Crippen molar-refractivity contribution in [2.24, 2.45) is 0 Å². The van der Waals surface area contributed by atoms with Crippen LogP contribution in [0.3, 0.4) is 0 Å². The molecule has 4 heteroatoms. The van der Waals surface area contributed by atoms with E-state index in [4.69, 9.17) is 16.3 Å². The molecule has 0 saturated heterocycles. The minimum absolute atomic E-state index is 0.550. The van der Waals surface area contributed by atoms with E-state index in [0.717, 1.165) is 22.7 Å². The highest BCUT2D eigenvalue weighted by Gasteiger charge is 2.07. The fraction of sp³-hybridized carbons (Fsp3) is 0.250. The third-order valence-electron chi connectivity index (χ3n) is 2.38. The largest absolute Gasteiger partial charge is 0.496 e. The summed E-state index contributed by atoms with van der Waals surface area (Å²) in [6.45, 7) is 2.11. The standard InChI is InChI=1S/C12H12ClNOS/c1-3-8-6-9(4-5-10(8)15-2)12-14-11(13)7-16-12/h4-7H,3H2,1-2H3. The molecule has 0 saturated carbocycles. The molecule has 0 atom stereocenters. The smallest absolute Gasteiger partial charge is 0.140 e. The summed E-state index contributed by atoms with van der Waals surface area (Å²) in [5.74, 6) is 0.925. The van der Waals surface area contributed by atoms with Gasteiger partial charge in [-0.15, -0.1) is 11.3 Å². The Balaban J connectivity index is 2.43. The molecule has 0 aliphatic carbocycles. The first kappa shape index (κ1) is 11.4. The molecule has 2 aromatic rings. The van der Waals surface area contributed by atoms with Gasteiger partial charge in [0.15, 0.2) is 0 Å². The van der Waals surface area contributed by atoms with Crippen LogP contribution in [0.1, 0.15) is 12.5 Å². The molecule has 2 rings (SSSR count). The number of rotatable bonds is 3. The van der Waals surface area contributed by atoms with Crippen LogP contribution < -0.4 is 4.74 Å². The monoisotopic (exact) mass is 253 g/mol. The van der Waals surface area contributed by atoms with Crippen LogP contribution in [0, 0.1) is 0 Å². The lowest BCUT2D eigenvalue weighted by Crippen LogP contribution is -1.90. The van der Waals surface area contributed by atoms with Crippen LogP contribution in [0.25, 0.3) is 10.6 Å². The maximum atomic E-state index is 5.82. The van der Waals surface area contributed by atoms with E-state index in [1.807, 2.05) is 17.5 Å². The van der Waals surface area contributed by atoms with Crippen LogP contribution >= 0.6 is 22.9 Å². The number of methoxy groups -OCH3 is 1. The second kappa shape index (κ2) is 4.85. The van der Waals surface area contributed by atoms with Gasteiger partial charge in [0, 0.05) is 10.9 Å². The summed E-state index contributed by atoms with van der Waals surface area (Å²) in [4.78, 5) is 4.25. The van der Waals surface area contributed by atoms with Crippen molar-refractivity contribution < 1.29 is 4.74 Å². The summed E-state index contributed by atoms with van der Waals surface area (Å²) in [5.41, 5.74) is 2.28. The summed E-state index contributed by atoms with van der Waals surface area (Å²) in [6, 6.07) is 6.09. The first-order chi connectivity index (χ1) is 7.74. The molecule has 1 aromatic carbocycles. The summed E-state index contributed by atoms with van der Waals surface area (Å²) in [7, 11) is 1.69. The topological polar surface area (TPSA) is 22.1 Å². The van der Waals surface area contributed by atoms with Gasteiger partial charge in [-0.25, -0.2) is 4.98 Å². The molecule has 0 amide bonds. The van der Waals surface area contributed by atoms with Crippen molar-refractivity contribution in [3.8, 4) is 16.3 Å².